The highest BCUT2D eigenvalue weighted by molar-refractivity contribution is 5.76. The topological polar surface area (TPSA) is 72.9 Å². The summed E-state index contributed by atoms with van der Waals surface area (Å²) in [5, 5.41) is 11.3. The fraction of sp³-hybridized carbons (Fsp3) is 0.818. The number of rotatable bonds is 4. The lowest BCUT2D eigenvalue weighted by atomic mass is 10.2. The number of carboxylic acid groups (broad SMARTS) is 1. The van der Waals surface area contributed by atoms with Crippen molar-refractivity contribution in [3.05, 3.63) is 0 Å². The number of hydrogen-bond donors (Lipinski definition) is 2. The number of carbonyl (C=O) groups excluding carboxylic acids is 1. The fourth-order valence-electron chi connectivity index (χ4n) is 1.88. The Morgan fingerprint density at radius 2 is 1.88 bits per heavy atom. The van der Waals surface area contributed by atoms with E-state index in [1.807, 2.05) is 0 Å². The van der Waals surface area contributed by atoms with E-state index in [2.05, 4.69) is 17.1 Å². The Bertz CT molecular complexity index is 275. The number of hydrogen-bond acceptors (Lipinski definition) is 3. The molecule has 6 nitrogen and oxygen atoms in total. The van der Waals surface area contributed by atoms with Gasteiger partial charge in [-0.15, -0.1) is 0 Å². The smallest absolute Gasteiger partial charge is 0.317 e. The molecule has 6 heteroatoms. The van der Waals surface area contributed by atoms with Gasteiger partial charge in [-0.05, 0) is 13.5 Å². The van der Waals surface area contributed by atoms with E-state index in [1.165, 1.54) is 0 Å². The zero-order valence-corrected chi connectivity index (χ0v) is 10.5. The minimum atomic E-state index is -0.895. The van der Waals surface area contributed by atoms with Crippen molar-refractivity contribution < 1.29 is 14.7 Å². The van der Waals surface area contributed by atoms with Crippen LogP contribution in [0.15, 0.2) is 0 Å². The second-order valence-corrected chi connectivity index (χ2v) is 4.37. The second kappa shape index (κ2) is 6.44. The molecule has 2 N–H and O–H groups in total. The van der Waals surface area contributed by atoms with Crippen LogP contribution in [0.1, 0.15) is 20.3 Å². The SMILES string of the molecule is CCN1CCN(C(=O)NC(C)CC(=O)O)CC1. The summed E-state index contributed by atoms with van der Waals surface area (Å²) in [6.07, 6.45) is -0.0410. The molecule has 1 atom stereocenters. The maximum absolute atomic E-state index is 11.8. The summed E-state index contributed by atoms with van der Waals surface area (Å²) in [7, 11) is 0. The van der Waals surface area contributed by atoms with E-state index in [0.29, 0.717) is 13.1 Å². The number of amides is 2. The Morgan fingerprint density at radius 1 is 1.29 bits per heavy atom. The molecule has 0 aromatic carbocycles. The molecule has 0 radical (unpaired) electrons. The number of likely N-dealkylation sites (N-methyl/N-ethyl adjacent to an activating group) is 1. The van der Waals surface area contributed by atoms with Crippen molar-refractivity contribution in [2.45, 2.75) is 26.3 Å². The Hall–Kier alpha value is -1.30. The summed E-state index contributed by atoms with van der Waals surface area (Å²) in [4.78, 5) is 26.3. The fourth-order valence-corrected chi connectivity index (χ4v) is 1.88. The standard InChI is InChI=1S/C11H21N3O3/c1-3-13-4-6-14(7-5-13)11(17)12-9(2)8-10(15)16/h9H,3-8H2,1-2H3,(H,12,17)(H,15,16). The van der Waals surface area contributed by atoms with Gasteiger partial charge in [-0.2, -0.15) is 0 Å². The summed E-state index contributed by atoms with van der Waals surface area (Å²) in [5.41, 5.74) is 0. The van der Waals surface area contributed by atoms with Crippen LogP contribution >= 0.6 is 0 Å². The number of nitrogens with one attached hydrogen (secondary N) is 1. The molecule has 1 fully saturated rings. The lowest BCUT2D eigenvalue weighted by Crippen LogP contribution is -2.53. The zero-order chi connectivity index (χ0) is 12.8. The first-order valence-electron chi connectivity index (χ1n) is 6.02. The minimum Gasteiger partial charge on any atom is -0.481 e. The molecule has 1 heterocycles. The second-order valence-electron chi connectivity index (χ2n) is 4.37. The first kappa shape index (κ1) is 13.8. The molecule has 0 bridgehead atoms. The first-order valence-corrected chi connectivity index (χ1v) is 6.02. The van der Waals surface area contributed by atoms with E-state index in [9.17, 15) is 9.59 Å². The maximum atomic E-state index is 11.8. The summed E-state index contributed by atoms with van der Waals surface area (Å²) >= 11 is 0. The van der Waals surface area contributed by atoms with Crippen LogP contribution in [-0.2, 0) is 4.79 Å². The third kappa shape index (κ3) is 4.60. The Balaban J connectivity index is 2.31. The quantitative estimate of drug-likeness (QED) is 0.739. The number of piperazine rings is 1. The van der Waals surface area contributed by atoms with Gasteiger partial charge >= 0.3 is 12.0 Å². The van der Waals surface area contributed by atoms with Crippen LogP contribution in [0.3, 0.4) is 0 Å². The van der Waals surface area contributed by atoms with Crippen molar-refractivity contribution >= 4 is 12.0 Å². The van der Waals surface area contributed by atoms with E-state index < -0.39 is 5.97 Å². The molecule has 1 saturated heterocycles. The molecule has 0 aromatic heterocycles. The van der Waals surface area contributed by atoms with Crippen molar-refractivity contribution in [3.63, 3.8) is 0 Å². The molecule has 0 aromatic rings. The van der Waals surface area contributed by atoms with Gasteiger partial charge in [0.15, 0.2) is 0 Å². The molecule has 0 spiro atoms. The van der Waals surface area contributed by atoms with Gasteiger partial charge in [0, 0.05) is 32.2 Å². The molecule has 1 aliphatic heterocycles. The Morgan fingerprint density at radius 3 is 2.35 bits per heavy atom. The average Bonchev–Trinajstić information content (AvgIpc) is 2.28. The van der Waals surface area contributed by atoms with E-state index in [4.69, 9.17) is 5.11 Å². The summed E-state index contributed by atoms with van der Waals surface area (Å²) in [5.74, 6) is -0.895. The molecule has 2 amide bonds. The maximum Gasteiger partial charge on any atom is 0.317 e. The molecule has 1 aliphatic rings. The molecule has 98 valence electrons. The van der Waals surface area contributed by atoms with Crippen molar-refractivity contribution in [1.82, 2.24) is 15.1 Å². The molecule has 0 aliphatic carbocycles. The molecular formula is C11H21N3O3. The lowest BCUT2D eigenvalue weighted by Gasteiger charge is -2.34. The molecule has 1 unspecified atom stereocenters. The van der Waals surface area contributed by atoms with E-state index in [1.54, 1.807) is 11.8 Å². The highest BCUT2D eigenvalue weighted by Crippen LogP contribution is 2.02. The molecule has 1 rings (SSSR count). The van der Waals surface area contributed by atoms with Gasteiger partial charge in [0.05, 0.1) is 6.42 Å². The van der Waals surface area contributed by atoms with Gasteiger partial charge in [-0.25, -0.2) is 4.79 Å². The normalized spacial score (nSPS) is 18.8. The third-order valence-electron chi connectivity index (χ3n) is 2.96. The van der Waals surface area contributed by atoms with Crippen molar-refractivity contribution in [1.29, 1.82) is 0 Å². The molecule has 0 saturated carbocycles. The van der Waals surface area contributed by atoms with Crippen LogP contribution < -0.4 is 5.32 Å². The molecule has 17 heavy (non-hydrogen) atoms. The van der Waals surface area contributed by atoms with Crippen LogP contribution in [0.25, 0.3) is 0 Å². The van der Waals surface area contributed by atoms with Crippen LogP contribution in [0.2, 0.25) is 0 Å². The van der Waals surface area contributed by atoms with Gasteiger partial charge in [-0.3, -0.25) is 4.79 Å². The lowest BCUT2D eigenvalue weighted by molar-refractivity contribution is -0.137. The van der Waals surface area contributed by atoms with Gasteiger partial charge in [-0.1, -0.05) is 6.92 Å². The number of carbonyl (C=O) groups is 2. The largest absolute Gasteiger partial charge is 0.481 e. The Labute approximate surface area is 102 Å². The minimum absolute atomic E-state index is 0.0410. The predicted octanol–water partition coefficient (Wildman–Crippen LogP) is 0.197. The Kier molecular flexibility index (Phi) is 5.21. The van der Waals surface area contributed by atoms with E-state index >= 15 is 0 Å². The number of urea groups is 1. The van der Waals surface area contributed by atoms with E-state index in [-0.39, 0.29) is 18.5 Å². The van der Waals surface area contributed by atoms with Crippen molar-refractivity contribution in [2.75, 3.05) is 32.7 Å². The predicted molar refractivity (Wildman–Crippen MR) is 63.9 cm³/mol. The summed E-state index contributed by atoms with van der Waals surface area (Å²) in [6.45, 7) is 8.00. The highest BCUT2D eigenvalue weighted by Gasteiger charge is 2.21. The van der Waals surface area contributed by atoms with Crippen LogP contribution in [0, 0.1) is 0 Å². The van der Waals surface area contributed by atoms with Crippen LogP contribution in [0.4, 0.5) is 4.79 Å². The highest BCUT2D eigenvalue weighted by atomic mass is 16.4. The van der Waals surface area contributed by atoms with Gasteiger partial charge in [0.2, 0.25) is 0 Å². The zero-order valence-electron chi connectivity index (χ0n) is 10.5. The van der Waals surface area contributed by atoms with E-state index in [0.717, 1.165) is 19.6 Å². The average molecular weight is 243 g/mol. The van der Waals surface area contributed by atoms with Gasteiger partial charge in [0.25, 0.3) is 0 Å². The van der Waals surface area contributed by atoms with Gasteiger partial charge < -0.3 is 20.2 Å². The summed E-state index contributed by atoms with van der Waals surface area (Å²) < 4.78 is 0. The van der Waals surface area contributed by atoms with Crippen LogP contribution in [0.5, 0.6) is 0 Å². The first-order chi connectivity index (χ1) is 8.02. The number of aliphatic carboxylic acids is 1. The number of carboxylic acids is 1. The third-order valence-corrected chi connectivity index (χ3v) is 2.96. The monoisotopic (exact) mass is 243 g/mol. The molecular weight excluding hydrogens is 222 g/mol. The summed E-state index contributed by atoms with van der Waals surface area (Å²) in [6, 6.07) is -0.487. The van der Waals surface area contributed by atoms with Gasteiger partial charge in [0.1, 0.15) is 0 Å². The number of nitrogens with zero attached hydrogens (tertiary/aromatic N) is 2. The van der Waals surface area contributed by atoms with Crippen molar-refractivity contribution in [3.8, 4) is 0 Å². The van der Waals surface area contributed by atoms with Crippen LogP contribution in [-0.4, -0.2) is 65.7 Å². The van der Waals surface area contributed by atoms with Crippen molar-refractivity contribution in [2.24, 2.45) is 0 Å².